The van der Waals surface area contributed by atoms with Gasteiger partial charge in [-0.25, -0.2) is 14.6 Å². The van der Waals surface area contributed by atoms with Crippen LogP contribution in [-0.2, 0) is 24.4 Å². The van der Waals surface area contributed by atoms with E-state index >= 15 is 0 Å². The predicted octanol–water partition coefficient (Wildman–Crippen LogP) is 2.80. The maximum absolute atomic E-state index is 13.1. The van der Waals surface area contributed by atoms with E-state index in [2.05, 4.69) is 14.6 Å². The quantitative estimate of drug-likeness (QED) is 0.407. The van der Waals surface area contributed by atoms with E-state index in [9.17, 15) is 9.59 Å². The van der Waals surface area contributed by atoms with Crippen molar-refractivity contribution >= 4 is 16.8 Å². The number of carbonyl (C=O) groups is 1. The zero-order valence-electron chi connectivity index (χ0n) is 19.2. The maximum Gasteiger partial charge on any atom is 0.261 e. The molecule has 0 saturated heterocycles. The van der Waals surface area contributed by atoms with Gasteiger partial charge in [-0.2, -0.15) is 5.10 Å². The number of rotatable bonds is 4. The van der Waals surface area contributed by atoms with Crippen molar-refractivity contribution in [3.63, 3.8) is 0 Å². The summed E-state index contributed by atoms with van der Waals surface area (Å²) in [4.78, 5) is 36.8. The van der Waals surface area contributed by atoms with Crippen LogP contribution in [0.1, 0.15) is 11.4 Å². The minimum absolute atomic E-state index is 0.0411. The van der Waals surface area contributed by atoms with Crippen LogP contribution in [0, 0.1) is 6.92 Å². The van der Waals surface area contributed by atoms with Gasteiger partial charge in [0.25, 0.3) is 5.56 Å². The van der Waals surface area contributed by atoms with E-state index in [1.54, 1.807) is 23.1 Å². The highest BCUT2D eigenvalue weighted by atomic mass is 16.2. The molecule has 0 spiro atoms. The zero-order chi connectivity index (χ0) is 23.9. The Balaban J connectivity index is 1.23. The fourth-order valence-corrected chi connectivity index (χ4v) is 4.59. The number of aromatic nitrogens is 6. The van der Waals surface area contributed by atoms with Gasteiger partial charge in [-0.3, -0.25) is 14.2 Å². The van der Waals surface area contributed by atoms with Gasteiger partial charge < -0.3 is 9.47 Å². The van der Waals surface area contributed by atoms with Crippen molar-refractivity contribution in [2.24, 2.45) is 0 Å². The van der Waals surface area contributed by atoms with Gasteiger partial charge in [-0.15, -0.1) is 0 Å². The highest BCUT2D eigenvalue weighted by molar-refractivity contribution is 5.79. The number of amides is 1. The summed E-state index contributed by atoms with van der Waals surface area (Å²) >= 11 is 0. The second kappa shape index (κ2) is 8.35. The van der Waals surface area contributed by atoms with Crippen molar-refractivity contribution in [1.29, 1.82) is 0 Å². The summed E-state index contributed by atoms with van der Waals surface area (Å²) in [5.41, 5.74) is 4.21. The lowest BCUT2D eigenvalue weighted by molar-refractivity contribution is -0.133. The highest BCUT2D eigenvalue weighted by Crippen LogP contribution is 2.26. The first-order chi connectivity index (χ1) is 17.1. The standard InChI is InChI=1S/C26H23N7O2/c1-18-23-15-30(24(34)16-31-17-27-22-10-6-5-9-21(22)26(31)35)11-12-32(23)25(29-18)19-13-28-33(14-19)20-7-3-2-4-8-20/h2-10,13-14,17H,11-12,15-16H2,1H3. The molecule has 0 atom stereocenters. The van der Waals surface area contributed by atoms with Crippen molar-refractivity contribution in [3.05, 3.63) is 95.1 Å². The Labute approximate surface area is 200 Å². The van der Waals surface area contributed by atoms with Gasteiger partial charge in [0, 0.05) is 19.3 Å². The lowest BCUT2D eigenvalue weighted by Gasteiger charge is -2.29. The van der Waals surface area contributed by atoms with Gasteiger partial charge >= 0.3 is 0 Å². The van der Waals surface area contributed by atoms with Crippen molar-refractivity contribution in [1.82, 2.24) is 33.8 Å². The van der Waals surface area contributed by atoms with E-state index < -0.39 is 0 Å². The van der Waals surface area contributed by atoms with E-state index in [1.165, 1.54) is 10.9 Å². The number of fused-ring (bicyclic) bond motifs is 2. The third-order valence-corrected chi connectivity index (χ3v) is 6.46. The lowest BCUT2D eigenvalue weighted by atomic mass is 10.2. The molecule has 0 aliphatic carbocycles. The number of aryl methyl sites for hydroxylation is 1. The third kappa shape index (κ3) is 3.71. The number of benzene rings is 2. The molecule has 0 N–H and O–H groups in total. The molecule has 6 rings (SSSR count). The van der Waals surface area contributed by atoms with Crippen LogP contribution in [0.25, 0.3) is 28.0 Å². The van der Waals surface area contributed by atoms with E-state index in [0.717, 1.165) is 28.5 Å². The van der Waals surface area contributed by atoms with Crippen LogP contribution in [0.4, 0.5) is 0 Å². The molecule has 9 nitrogen and oxygen atoms in total. The Hall–Kier alpha value is -4.53. The van der Waals surface area contributed by atoms with Crippen LogP contribution in [0.5, 0.6) is 0 Å². The number of imidazole rings is 1. The van der Waals surface area contributed by atoms with Crippen molar-refractivity contribution in [3.8, 4) is 17.1 Å². The summed E-state index contributed by atoms with van der Waals surface area (Å²) in [6, 6.07) is 17.1. The van der Waals surface area contributed by atoms with Crippen LogP contribution in [0.2, 0.25) is 0 Å². The SMILES string of the molecule is Cc1nc(-c2cnn(-c3ccccc3)c2)n2c1CN(C(=O)Cn1cnc3ccccc3c1=O)CC2. The molecule has 9 heteroatoms. The first kappa shape index (κ1) is 21.0. The number of hydrogen-bond acceptors (Lipinski definition) is 5. The minimum atomic E-state index is -0.208. The van der Waals surface area contributed by atoms with Crippen LogP contribution in [-0.4, -0.2) is 46.2 Å². The average molecular weight is 466 g/mol. The Morgan fingerprint density at radius 3 is 2.69 bits per heavy atom. The van der Waals surface area contributed by atoms with Crippen molar-refractivity contribution < 1.29 is 4.79 Å². The van der Waals surface area contributed by atoms with Crippen molar-refractivity contribution in [2.45, 2.75) is 26.6 Å². The van der Waals surface area contributed by atoms with Gasteiger partial charge in [0.2, 0.25) is 5.91 Å². The predicted molar refractivity (Wildman–Crippen MR) is 131 cm³/mol. The van der Waals surface area contributed by atoms with Gasteiger partial charge in [0.15, 0.2) is 0 Å². The molecule has 0 fully saturated rings. The molecule has 3 aromatic heterocycles. The highest BCUT2D eigenvalue weighted by Gasteiger charge is 2.26. The molecule has 174 valence electrons. The van der Waals surface area contributed by atoms with E-state index in [-0.39, 0.29) is 18.0 Å². The summed E-state index contributed by atoms with van der Waals surface area (Å²) in [5.74, 6) is 0.733. The zero-order valence-corrected chi connectivity index (χ0v) is 19.2. The van der Waals surface area contributed by atoms with Gasteiger partial charge in [-0.1, -0.05) is 30.3 Å². The normalized spacial score (nSPS) is 13.2. The third-order valence-electron chi connectivity index (χ3n) is 6.46. The smallest absolute Gasteiger partial charge is 0.261 e. The average Bonchev–Trinajstić information content (AvgIpc) is 3.51. The second-order valence-electron chi connectivity index (χ2n) is 8.64. The summed E-state index contributed by atoms with van der Waals surface area (Å²) in [6.07, 6.45) is 5.24. The van der Waals surface area contributed by atoms with Crippen LogP contribution in [0.15, 0.2) is 78.1 Å². The molecule has 0 unspecified atom stereocenters. The number of carbonyl (C=O) groups excluding carboxylic acids is 1. The molecule has 4 heterocycles. The maximum atomic E-state index is 13.1. The number of nitrogens with zero attached hydrogens (tertiary/aromatic N) is 7. The Bertz CT molecular complexity index is 1610. The molecule has 0 radical (unpaired) electrons. The molecule has 1 aliphatic heterocycles. The largest absolute Gasteiger partial charge is 0.333 e. The molecular formula is C26H23N7O2. The van der Waals surface area contributed by atoms with Gasteiger partial charge in [0.1, 0.15) is 12.4 Å². The second-order valence-corrected chi connectivity index (χ2v) is 8.64. The first-order valence-electron chi connectivity index (χ1n) is 11.5. The van der Waals surface area contributed by atoms with Crippen LogP contribution >= 0.6 is 0 Å². The van der Waals surface area contributed by atoms with Gasteiger partial charge in [-0.05, 0) is 31.2 Å². The summed E-state index contributed by atoms with van der Waals surface area (Å²) < 4.78 is 5.38. The van der Waals surface area contributed by atoms with Crippen LogP contribution < -0.4 is 5.56 Å². The molecular weight excluding hydrogens is 442 g/mol. The monoisotopic (exact) mass is 465 g/mol. The fourth-order valence-electron chi connectivity index (χ4n) is 4.59. The Morgan fingerprint density at radius 2 is 1.83 bits per heavy atom. The molecule has 5 aromatic rings. The molecule has 0 saturated carbocycles. The molecule has 35 heavy (non-hydrogen) atoms. The summed E-state index contributed by atoms with van der Waals surface area (Å²) in [6.45, 7) is 3.53. The first-order valence-corrected chi connectivity index (χ1v) is 11.5. The number of hydrogen-bond donors (Lipinski definition) is 0. The summed E-state index contributed by atoms with van der Waals surface area (Å²) in [7, 11) is 0. The molecule has 1 amide bonds. The topological polar surface area (TPSA) is 90.8 Å². The van der Waals surface area contributed by atoms with Crippen LogP contribution in [0.3, 0.4) is 0 Å². The molecule has 1 aliphatic rings. The van der Waals surface area contributed by atoms with E-state index in [4.69, 9.17) is 4.98 Å². The van der Waals surface area contributed by atoms with E-state index in [0.29, 0.717) is 30.5 Å². The van der Waals surface area contributed by atoms with Crippen molar-refractivity contribution in [2.75, 3.05) is 6.54 Å². The fraction of sp³-hybridized carbons (Fsp3) is 0.192. The Morgan fingerprint density at radius 1 is 1.03 bits per heavy atom. The molecule has 0 bridgehead atoms. The number of para-hydroxylation sites is 2. The molecule has 2 aromatic carbocycles. The lowest BCUT2D eigenvalue weighted by Crippen LogP contribution is -2.41. The van der Waals surface area contributed by atoms with E-state index in [1.807, 2.05) is 60.4 Å². The minimum Gasteiger partial charge on any atom is -0.333 e. The van der Waals surface area contributed by atoms with Gasteiger partial charge in [0.05, 0.1) is 52.6 Å². The Kier molecular flexibility index (Phi) is 5.02. The summed E-state index contributed by atoms with van der Waals surface area (Å²) in [5, 5.41) is 5.01.